The molecule has 3 N–H and O–H groups in total. The van der Waals surface area contributed by atoms with Crippen LogP contribution in [-0.2, 0) is 6.54 Å². The number of aryl methyl sites for hydroxylation is 1. The second-order valence-corrected chi connectivity index (χ2v) is 4.62. The van der Waals surface area contributed by atoms with Crippen LogP contribution >= 0.6 is 0 Å². The first-order chi connectivity index (χ1) is 10.1. The maximum Gasteiger partial charge on any atom is 0.270 e. The van der Waals surface area contributed by atoms with E-state index in [4.69, 9.17) is 15.2 Å². The maximum absolute atomic E-state index is 12.0. The lowest BCUT2D eigenvalue weighted by Crippen LogP contribution is -2.24. The number of hydrogen-bond donors (Lipinski definition) is 2. The Morgan fingerprint density at radius 2 is 2.10 bits per heavy atom. The first-order valence-electron chi connectivity index (χ1n) is 6.40. The van der Waals surface area contributed by atoms with Crippen molar-refractivity contribution in [2.75, 3.05) is 12.5 Å². The van der Waals surface area contributed by atoms with Gasteiger partial charge in [0.15, 0.2) is 11.5 Å². The summed E-state index contributed by atoms with van der Waals surface area (Å²) < 4.78 is 10.5. The molecule has 1 aliphatic rings. The van der Waals surface area contributed by atoms with Gasteiger partial charge in [-0.15, -0.1) is 0 Å². The summed E-state index contributed by atoms with van der Waals surface area (Å²) in [6, 6.07) is 7.11. The lowest BCUT2D eigenvalue weighted by Gasteiger charge is -2.06. The van der Waals surface area contributed by atoms with E-state index in [-0.39, 0.29) is 24.3 Å². The number of carbonyl (C=O) groups excluding carboxylic acids is 1. The molecule has 7 nitrogen and oxygen atoms in total. The molecule has 2 heterocycles. The number of anilines is 1. The molecule has 2 aromatic rings. The van der Waals surface area contributed by atoms with Crippen molar-refractivity contribution in [1.29, 1.82) is 0 Å². The van der Waals surface area contributed by atoms with Gasteiger partial charge in [0.05, 0.1) is 0 Å². The average molecular weight is 286 g/mol. The van der Waals surface area contributed by atoms with Crippen LogP contribution in [0.3, 0.4) is 0 Å². The minimum atomic E-state index is -0.301. The minimum absolute atomic E-state index is 0.0863. The van der Waals surface area contributed by atoms with Gasteiger partial charge in [0.25, 0.3) is 5.91 Å². The molecule has 1 amide bonds. The number of nitrogens with one attached hydrogen (secondary N) is 1. The van der Waals surface area contributed by atoms with Crippen molar-refractivity contribution < 1.29 is 14.3 Å². The van der Waals surface area contributed by atoms with Crippen molar-refractivity contribution in [3.8, 4) is 11.5 Å². The van der Waals surface area contributed by atoms with Crippen molar-refractivity contribution in [3.63, 3.8) is 0 Å². The Morgan fingerprint density at radius 1 is 1.29 bits per heavy atom. The highest BCUT2D eigenvalue weighted by Gasteiger charge is 2.14. The largest absolute Gasteiger partial charge is 0.454 e. The Kier molecular flexibility index (Phi) is 3.31. The lowest BCUT2D eigenvalue weighted by atomic mass is 10.2. The van der Waals surface area contributed by atoms with Gasteiger partial charge in [0.1, 0.15) is 5.69 Å². The number of benzene rings is 1. The molecule has 3 rings (SSSR count). The van der Waals surface area contributed by atoms with Gasteiger partial charge in [-0.05, 0) is 30.7 Å². The summed E-state index contributed by atoms with van der Waals surface area (Å²) >= 11 is 0. The topological polar surface area (TPSA) is 99.4 Å². The molecule has 0 unspecified atom stereocenters. The van der Waals surface area contributed by atoms with Crippen LogP contribution in [0.15, 0.2) is 24.3 Å². The van der Waals surface area contributed by atoms with Gasteiger partial charge in [0, 0.05) is 12.2 Å². The molecule has 0 saturated heterocycles. The second-order valence-electron chi connectivity index (χ2n) is 4.62. The van der Waals surface area contributed by atoms with Crippen LogP contribution in [0.25, 0.3) is 0 Å². The summed E-state index contributed by atoms with van der Waals surface area (Å²) in [6.45, 7) is 2.34. The zero-order chi connectivity index (χ0) is 14.8. The molecule has 0 radical (unpaired) electrons. The molecule has 7 heteroatoms. The van der Waals surface area contributed by atoms with E-state index in [0.29, 0.717) is 23.7 Å². The van der Waals surface area contributed by atoms with Crippen LogP contribution in [0.4, 0.5) is 5.95 Å². The van der Waals surface area contributed by atoms with Crippen LogP contribution in [0, 0.1) is 6.92 Å². The number of amides is 1. The molecular formula is C14H14N4O3. The second kappa shape index (κ2) is 5.28. The van der Waals surface area contributed by atoms with Crippen molar-refractivity contribution in [2.45, 2.75) is 13.5 Å². The molecule has 1 aliphatic heterocycles. The Hall–Kier alpha value is -2.83. The van der Waals surface area contributed by atoms with E-state index in [1.807, 2.05) is 18.2 Å². The minimum Gasteiger partial charge on any atom is -0.454 e. The SMILES string of the molecule is Cc1cc(C(=O)NCc2ccc3c(c2)OCO3)nc(N)n1. The Labute approximate surface area is 121 Å². The number of aromatic nitrogens is 2. The fourth-order valence-corrected chi connectivity index (χ4v) is 2.03. The lowest BCUT2D eigenvalue weighted by molar-refractivity contribution is 0.0945. The third kappa shape index (κ3) is 2.86. The molecule has 0 aliphatic carbocycles. The van der Waals surface area contributed by atoms with E-state index in [1.54, 1.807) is 13.0 Å². The predicted molar refractivity (Wildman–Crippen MR) is 74.9 cm³/mol. The number of hydrogen-bond acceptors (Lipinski definition) is 6. The van der Waals surface area contributed by atoms with E-state index in [1.165, 1.54) is 0 Å². The summed E-state index contributed by atoms with van der Waals surface area (Å²) in [5.74, 6) is 1.18. The highest BCUT2D eigenvalue weighted by Crippen LogP contribution is 2.32. The molecular weight excluding hydrogens is 272 g/mol. The first-order valence-corrected chi connectivity index (χ1v) is 6.40. The molecule has 1 aromatic heterocycles. The van der Waals surface area contributed by atoms with E-state index in [0.717, 1.165) is 5.56 Å². The fraction of sp³-hybridized carbons (Fsp3) is 0.214. The molecule has 0 atom stereocenters. The average Bonchev–Trinajstić information content (AvgIpc) is 2.91. The monoisotopic (exact) mass is 286 g/mol. The smallest absolute Gasteiger partial charge is 0.270 e. The number of carbonyl (C=O) groups is 1. The van der Waals surface area contributed by atoms with Gasteiger partial charge >= 0.3 is 0 Å². The van der Waals surface area contributed by atoms with E-state index < -0.39 is 0 Å². The van der Waals surface area contributed by atoms with Gasteiger partial charge in [-0.3, -0.25) is 4.79 Å². The fourth-order valence-electron chi connectivity index (χ4n) is 2.03. The molecule has 1 aromatic carbocycles. The number of nitrogens with zero attached hydrogens (tertiary/aromatic N) is 2. The zero-order valence-corrected chi connectivity index (χ0v) is 11.4. The van der Waals surface area contributed by atoms with Gasteiger partial charge < -0.3 is 20.5 Å². The van der Waals surface area contributed by atoms with Gasteiger partial charge in [-0.2, -0.15) is 0 Å². The molecule has 108 valence electrons. The summed E-state index contributed by atoms with van der Waals surface area (Å²) in [6.07, 6.45) is 0. The molecule has 0 saturated carbocycles. The first kappa shape index (κ1) is 13.2. The van der Waals surface area contributed by atoms with Crippen molar-refractivity contribution in [3.05, 3.63) is 41.2 Å². The van der Waals surface area contributed by atoms with Gasteiger partial charge in [-0.1, -0.05) is 6.07 Å². The van der Waals surface area contributed by atoms with E-state index in [2.05, 4.69) is 15.3 Å². The molecule has 21 heavy (non-hydrogen) atoms. The van der Waals surface area contributed by atoms with Crippen LogP contribution in [0.2, 0.25) is 0 Å². The highest BCUT2D eigenvalue weighted by atomic mass is 16.7. The Balaban J connectivity index is 1.68. The number of rotatable bonds is 3. The number of fused-ring (bicyclic) bond motifs is 1. The number of nitrogen functional groups attached to an aromatic ring is 1. The van der Waals surface area contributed by atoms with Crippen LogP contribution in [-0.4, -0.2) is 22.7 Å². The van der Waals surface area contributed by atoms with E-state index in [9.17, 15) is 4.79 Å². The summed E-state index contributed by atoms with van der Waals surface area (Å²) in [5, 5.41) is 2.78. The van der Waals surface area contributed by atoms with Crippen LogP contribution in [0.5, 0.6) is 11.5 Å². The molecule has 0 fully saturated rings. The summed E-state index contributed by atoms with van der Waals surface area (Å²) in [4.78, 5) is 19.9. The molecule has 0 spiro atoms. The Morgan fingerprint density at radius 3 is 2.90 bits per heavy atom. The quantitative estimate of drug-likeness (QED) is 0.874. The van der Waals surface area contributed by atoms with Crippen molar-refractivity contribution >= 4 is 11.9 Å². The van der Waals surface area contributed by atoms with Crippen molar-refractivity contribution in [2.24, 2.45) is 0 Å². The van der Waals surface area contributed by atoms with Crippen molar-refractivity contribution in [1.82, 2.24) is 15.3 Å². The third-order valence-corrected chi connectivity index (χ3v) is 2.99. The predicted octanol–water partition coefficient (Wildman–Crippen LogP) is 1.03. The number of ether oxygens (including phenoxy) is 2. The third-order valence-electron chi connectivity index (χ3n) is 2.99. The summed E-state index contributed by atoms with van der Waals surface area (Å²) in [7, 11) is 0. The van der Waals surface area contributed by atoms with E-state index >= 15 is 0 Å². The molecule has 0 bridgehead atoms. The van der Waals surface area contributed by atoms with Crippen LogP contribution < -0.4 is 20.5 Å². The zero-order valence-electron chi connectivity index (χ0n) is 11.4. The number of nitrogens with two attached hydrogens (primary N) is 1. The standard InChI is InChI=1S/C14H14N4O3/c1-8-4-10(18-14(15)17-8)13(19)16-6-9-2-3-11-12(5-9)21-7-20-11/h2-5H,6-7H2,1H3,(H,16,19)(H2,15,17,18). The van der Waals surface area contributed by atoms with Gasteiger partial charge in [-0.25, -0.2) is 9.97 Å². The Bertz CT molecular complexity index is 682. The maximum atomic E-state index is 12.0. The highest BCUT2D eigenvalue weighted by molar-refractivity contribution is 5.92. The summed E-state index contributed by atoms with van der Waals surface area (Å²) in [5.41, 5.74) is 7.34. The van der Waals surface area contributed by atoms with Crippen LogP contribution in [0.1, 0.15) is 21.7 Å². The van der Waals surface area contributed by atoms with Gasteiger partial charge in [0.2, 0.25) is 12.7 Å². The normalized spacial score (nSPS) is 12.2.